The van der Waals surface area contributed by atoms with Gasteiger partial charge in [-0.25, -0.2) is 0 Å². The molecule has 1 amide bonds. The van der Waals surface area contributed by atoms with Crippen LogP contribution in [0.1, 0.15) is 50.0 Å². The molecule has 1 fully saturated rings. The summed E-state index contributed by atoms with van der Waals surface area (Å²) in [6.07, 6.45) is 0.896. The van der Waals surface area contributed by atoms with Crippen molar-refractivity contribution in [3.8, 4) is 0 Å². The van der Waals surface area contributed by atoms with Gasteiger partial charge in [-0.05, 0) is 35.4 Å². The number of carbonyl (C=O) groups excluding carboxylic acids is 1. The summed E-state index contributed by atoms with van der Waals surface area (Å²) < 4.78 is 0. The summed E-state index contributed by atoms with van der Waals surface area (Å²) in [5.41, 5.74) is 8.16. The van der Waals surface area contributed by atoms with Crippen molar-refractivity contribution in [1.29, 1.82) is 0 Å². The summed E-state index contributed by atoms with van der Waals surface area (Å²) in [7, 11) is 0. The molecule has 1 heterocycles. The molecule has 0 aromatic heterocycles. The van der Waals surface area contributed by atoms with E-state index < -0.39 is 0 Å². The topological polar surface area (TPSA) is 46.3 Å². The molecule has 1 aromatic carbocycles. The first-order valence-corrected chi connectivity index (χ1v) is 7.44. The first-order chi connectivity index (χ1) is 9.29. The Balaban J connectivity index is 0.00000220. The van der Waals surface area contributed by atoms with Crippen LogP contribution in [0.15, 0.2) is 24.3 Å². The van der Waals surface area contributed by atoms with E-state index in [4.69, 9.17) is 5.73 Å². The predicted octanol–water partition coefficient (Wildman–Crippen LogP) is 3.22. The fourth-order valence-electron chi connectivity index (χ4n) is 2.64. The molecule has 1 aliphatic heterocycles. The molecular weight excluding hydrogens is 284 g/mol. The van der Waals surface area contributed by atoms with Crippen LogP contribution in [0, 0.1) is 5.92 Å². The third-order valence-corrected chi connectivity index (χ3v) is 4.26. The number of amides is 1. The number of nitrogens with zero attached hydrogens (tertiary/aromatic N) is 1. The van der Waals surface area contributed by atoms with Crippen molar-refractivity contribution in [1.82, 2.24) is 4.90 Å². The highest BCUT2D eigenvalue weighted by Gasteiger charge is 2.27. The minimum Gasteiger partial charge on any atom is -0.338 e. The molecule has 0 saturated carbocycles. The summed E-state index contributed by atoms with van der Waals surface area (Å²) in [6, 6.07) is 8.24. The van der Waals surface area contributed by atoms with Gasteiger partial charge in [0.15, 0.2) is 0 Å². The SMILES string of the molecule is CC1CN(C(=O)c2ccc(C(C)(C)C)cc2)CCC1N.Cl. The average Bonchev–Trinajstić information content (AvgIpc) is 2.40. The van der Waals surface area contributed by atoms with Crippen LogP contribution in [0.3, 0.4) is 0 Å². The van der Waals surface area contributed by atoms with Gasteiger partial charge in [-0.1, -0.05) is 39.8 Å². The average molecular weight is 311 g/mol. The highest BCUT2D eigenvalue weighted by molar-refractivity contribution is 5.94. The highest BCUT2D eigenvalue weighted by Crippen LogP contribution is 2.23. The van der Waals surface area contributed by atoms with Crippen LogP contribution in [0.4, 0.5) is 0 Å². The highest BCUT2D eigenvalue weighted by atomic mass is 35.5. The van der Waals surface area contributed by atoms with E-state index in [1.54, 1.807) is 0 Å². The Morgan fingerprint density at radius 2 is 1.81 bits per heavy atom. The first kappa shape index (κ1) is 18.0. The summed E-state index contributed by atoms with van der Waals surface area (Å²) in [5, 5.41) is 0. The number of carbonyl (C=O) groups is 1. The molecule has 3 nitrogen and oxygen atoms in total. The predicted molar refractivity (Wildman–Crippen MR) is 90.0 cm³/mol. The molecule has 1 saturated heterocycles. The second kappa shape index (κ2) is 6.80. The van der Waals surface area contributed by atoms with Crippen LogP contribution < -0.4 is 5.73 Å². The molecule has 0 bridgehead atoms. The van der Waals surface area contributed by atoms with E-state index >= 15 is 0 Å². The van der Waals surface area contributed by atoms with Crippen molar-refractivity contribution in [3.63, 3.8) is 0 Å². The van der Waals surface area contributed by atoms with Crippen molar-refractivity contribution in [2.75, 3.05) is 13.1 Å². The number of likely N-dealkylation sites (tertiary alicyclic amines) is 1. The Bertz CT molecular complexity index is 479. The molecule has 2 N–H and O–H groups in total. The van der Waals surface area contributed by atoms with Crippen LogP contribution in [0.5, 0.6) is 0 Å². The van der Waals surface area contributed by atoms with E-state index in [0.717, 1.165) is 25.1 Å². The van der Waals surface area contributed by atoms with Crippen LogP contribution in [-0.4, -0.2) is 29.9 Å². The third-order valence-electron chi connectivity index (χ3n) is 4.26. The van der Waals surface area contributed by atoms with Gasteiger partial charge in [0.1, 0.15) is 0 Å². The molecule has 118 valence electrons. The lowest BCUT2D eigenvalue weighted by Crippen LogP contribution is -2.48. The van der Waals surface area contributed by atoms with E-state index in [2.05, 4.69) is 39.8 Å². The number of hydrogen-bond acceptors (Lipinski definition) is 2. The molecule has 0 aliphatic carbocycles. The number of rotatable bonds is 1. The van der Waals surface area contributed by atoms with Crippen LogP contribution in [0.25, 0.3) is 0 Å². The lowest BCUT2D eigenvalue weighted by Gasteiger charge is -2.35. The normalized spacial score (nSPS) is 22.6. The Hall–Kier alpha value is -1.06. The maximum atomic E-state index is 12.5. The zero-order chi connectivity index (χ0) is 14.9. The minimum atomic E-state index is 0. The van der Waals surface area contributed by atoms with Crippen molar-refractivity contribution in [2.24, 2.45) is 11.7 Å². The first-order valence-electron chi connectivity index (χ1n) is 7.44. The zero-order valence-corrected chi connectivity index (χ0v) is 14.2. The van der Waals surface area contributed by atoms with Crippen molar-refractivity contribution < 1.29 is 4.79 Å². The maximum absolute atomic E-state index is 12.5. The van der Waals surface area contributed by atoms with Gasteiger partial charge >= 0.3 is 0 Å². The van der Waals surface area contributed by atoms with Gasteiger partial charge in [0.25, 0.3) is 5.91 Å². The van der Waals surface area contributed by atoms with Gasteiger partial charge in [-0.2, -0.15) is 0 Å². The maximum Gasteiger partial charge on any atom is 0.253 e. The Morgan fingerprint density at radius 1 is 1.24 bits per heavy atom. The lowest BCUT2D eigenvalue weighted by molar-refractivity contribution is 0.0664. The molecule has 2 rings (SSSR count). The van der Waals surface area contributed by atoms with Crippen molar-refractivity contribution >= 4 is 18.3 Å². The van der Waals surface area contributed by atoms with Gasteiger partial charge in [-0.15, -0.1) is 12.4 Å². The monoisotopic (exact) mass is 310 g/mol. The van der Waals surface area contributed by atoms with Gasteiger partial charge in [-0.3, -0.25) is 4.79 Å². The molecular formula is C17H27ClN2O. The Kier molecular flexibility index (Phi) is 5.83. The second-order valence-corrected chi connectivity index (χ2v) is 7.01. The van der Waals surface area contributed by atoms with Crippen LogP contribution in [-0.2, 0) is 5.41 Å². The van der Waals surface area contributed by atoms with Crippen LogP contribution >= 0.6 is 12.4 Å². The molecule has 1 aliphatic rings. The number of nitrogens with two attached hydrogens (primary N) is 1. The molecule has 1 aromatic rings. The van der Waals surface area contributed by atoms with E-state index in [1.165, 1.54) is 5.56 Å². The van der Waals surface area contributed by atoms with Gasteiger partial charge < -0.3 is 10.6 Å². The Labute approximate surface area is 134 Å². The fraction of sp³-hybridized carbons (Fsp3) is 0.588. The van der Waals surface area contributed by atoms with Crippen molar-refractivity contribution in [2.45, 2.75) is 45.6 Å². The molecule has 0 radical (unpaired) electrons. The smallest absolute Gasteiger partial charge is 0.253 e. The number of halogens is 1. The van der Waals surface area contributed by atoms with E-state index in [0.29, 0.717) is 5.92 Å². The fourth-order valence-corrected chi connectivity index (χ4v) is 2.64. The molecule has 2 unspecified atom stereocenters. The number of hydrogen-bond donors (Lipinski definition) is 1. The summed E-state index contributed by atoms with van der Waals surface area (Å²) in [5.74, 6) is 0.505. The van der Waals surface area contributed by atoms with Gasteiger partial charge in [0.2, 0.25) is 0 Å². The summed E-state index contributed by atoms with van der Waals surface area (Å²) in [4.78, 5) is 14.4. The van der Waals surface area contributed by atoms with Crippen molar-refractivity contribution in [3.05, 3.63) is 35.4 Å². The minimum absolute atomic E-state index is 0. The quantitative estimate of drug-likeness (QED) is 0.865. The standard InChI is InChI=1S/C17H26N2O.ClH/c1-12-11-19(10-9-15(12)18)16(20)13-5-7-14(8-6-13)17(2,3)4;/h5-8,12,15H,9-11,18H2,1-4H3;1H. The molecule has 4 heteroatoms. The van der Waals surface area contributed by atoms with E-state index in [1.807, 2.05) is 17.0 Å². The largest absolute Gasteiger partial charge is 0.338 e. The third kappa shape index (κ3) is 4.21. The summed E-state index contributed by atoms with van der Waals surface area (Å²) >= 11 is 0. The summed E-state index contributed by atoms with van der Waals surface area (Å²) in [6.45, 7) is 10.2. The number of piperidine rings is 1. The van der Waals surface area contributed by atoms with Crippen LogP contribution in [0.2, 0.25) is 0 Å². The van der Waals surface area contributed by atoms with Gasteiger partial charge in [0, 0.05) is 24.7 Å². The molecule has 2 atom stereocenters. The second-order valence-electron chi connectivity index (χ2n) is 7.01. The van der Waals surface area contributed by atoms with E-state index in [9.17, 15) is 4.79 Å². The number of benzene rings is 1. The lowest BCUT2D eigenvalue weighted by atomic mass is 9.86. The molecule has 21 heavy (non-hydrogen) atoms. The van der Waals surface area contributed by atoms with E-state index in [-0.39, 0.29) is 29.8 Å². The van der Waals surface area contributed by atoms with Gasteiger partial charge in [0.05, 0.1) is 0 Å². The Morgan fingerprint density at radius 3 is 2.29 bits per heavy atom. The zero-order valence-electron chi connectivity index (χ0n) is 13.4. The molecule has 0 spiro atoms.